The molecule has 0 radical (unpaired) electrons. The molecule has 3 aromatic rings. The molecule has 2 aromatic carbocycles. The third-order valence-corrected chi connectivity index (χ3v) is 6.22. The van der Waals surface area contributed by atoms with Crippen LogP contribution in [0.25, 0.3) is 5.69 Å². The monoisotopic (exact) mass is 433 g/mol. The van der Waals surface area contributed by atoms with Crippen LogP contribution in [0.3, 0.4) is 0 Å². The molecule has 6 heteroatoms. The first kappa shape index (κ1) is 21.8. The molecule has 32 heavy (non-hydrogen) atoms. The number of aromatic nitrogens is 1. The predicted molar refractivity (Wildman–Crippen MR) is 122 cm³/mol. The molecular formula is C26H28FN3O2. The first-order valence-electron chi connectivity index (χ1n) is 11.0. The molecule has 4 rings (SSSR count). The standard InChI is InChI=1S/C26H28FN3O2/c1-18-16-22(19(2)30(18)24-11-7-6-10-23(24)27)26(32)29-14-12-21(13-15-29)25(31)28-17-20-8-4-3-5-9-20/h3-11,16,21H,12-15,17H2,1-2H3,(H,28,31). The summed E-state index contributed by atoms with van der Waals surface area (Å²) in [5.41, 5.74) is 3.62. The molecule has 2 heterocycles. The molecule has 166 valence electrons. The van der Waals surface area contributed by atoms with Gasteiger partial charge in [0.05, 0.1) is 11.3 Å². The van der Waals surface area contributed by atoms with E-state index >= 15 is 0 Å². The van der Waals surface area contributed by atoms with Crippen LogP contribution in [0.4, 0.5) is 4.39 Å². The second-order valence-electron chi connectivity index (χ2n) is 8.34. The molecule has 1 saturated heterocycles. The Morgan fingerprint density at radius 1 is 1.00 bits per heavy atom. The highest BCUT2D eigenvalue weighted by Gasteiger charge is 2.29. The number of hydrogen-bond donors (Lipinski definition) is 1. The molecule has 0 saturated carbocycles. The van der Waals surface area contributed by atoms with Crippen molar-refractivity contribution >= 4 is 11.8 Å². The van der Waals surface area contributed by atoms with Crippen molar-refractivity contribution in [1.29, 1.82) is 0 Å². The zero-order chi connectivity index (χ0) is 22.7. The molecule has 2 amide bonds. The Kier molecular flexibility index (Phi) is 6.40. The van der Waals surface area contributed by atoms with Crippen LogP contribution in [0.2, 0.25) is 0 Å². The maximum absolute atomic E-state index is 14.3. The fraction of sp³-hybridized carbons (Fsp3) is 0.308. The summed E-state index contributed by atoms with van der Waals surface area (Å²) in [5, 5.41) is 3.01. The maximum atomic E-state index is 14.3. The Morgan fingerprint density at radius 2 is 1.66 bits per heavy atom. The van der Waals surface area contributed by atoms with Crippen molar-refractivity contribution in [3.8, 4) is 5.69 Å². The highest BCUT2D eigenvalue weighted by Crippen LogP contribution is 2.26. The number of nitrogens with one attached hydrogen (secondary N) is 1. The Morgan fingerprint density at radius 3 is 2.34 bits per heavy atom. The van der Waals surface area contributed by atoms with Crippen LogP contribution in [-0.4, -0.2) is 34.4 Å². The van der Waals surface area contributed by atoms with Crippen LogP contribution in [-0.2, 0) is 11.3 Å². The van der Waals surface area contributed by atoms with Gasteiger partial charge in [-0.2, -0.15) is 0 Å². The minimum Gasteiger partial charge on any atom is -0.352 e. The lowest BCUT2D eigenvalue weighted by molar-refractivity contribution is -0.126. The van der Waals surface area contributed by atoms with E-state index < -0.39 is 0 Å². The van der Waals surface area contributed by atoms with Gasteiger partial charge in [-0.3, -0.25) is 9.59 Å². The van der Waals surface area contributed by atoms with Gasteiger partial charge in [0, 0.05) is 36.9 Å². The summed E-state index contributed by atoms with van der Waals surface area (Å²) in [4.78, 5) is 27.6. The number of para-hydroxylation sites is 1. The van der Waals surface area contributed by atoms with E-state index in [0.29, 0.717) is 43.7 Å². The molecule has 1 aliphatic heterocycles. The molecule has 1 fully saturated rings. The Hall–Kier alpha value is -3.41. The second-order valence-corrected chi connectivity index (χ2v) is 8.34. The summed E-state index contributed by atoms with van der Waals surface area (Å²) in [6.07, 6.45) is 1.27. The summed E-state index contributed by atoms with van der Waals surface area (Å²) in [6, 6.07) is 18.2. The van der Waals surface area contributed by atoms with Gasteiger partial charge >= 0.3 is 0 Å². The molecule has 0 atom stereocenters. The van der Waals surface area contributed by atoms with Crippen molar-refractivity contribution in [2.75, 3.05) is 13.1 Å². The third-order valence-electron chi connectivity index (χ3n) is 6.22. The van der Waals surface area contributed by atoms with E-state index in [4.69, 9.17) is 0 Å². The molecule has 0 unspecified atom stereocenters. The lowest BCUT2D eigenvalue weighted by Gasteiger charge is -2.31. The first-order chi connectivity index (χ1) is 15.5. The third kappa shape index (κ3) is 4.44. The fourth-order valence-electron chi connectivity index (χ4n) is 4.43. The van der Waals surface area contributed by atoms with Crippen LogP contribution < -0.4 is 5.32 Å². The van der Waals surface area contributed by atoms with Gasteiger partial charge in [0.1, 0.15) is 5.82 Å². The SMILES string of the molecule is Cc1cc(C(=O)N2CCC(C(=O)NCc3ccccc3)CC2)c(C)n1-c1ccccc1F. The van der Waals surface area contributed by atoms with E-state index in [1.807, 2.05) is 50.2 Å². The molecule has 0 bridgehead atoms. The number of nitrogens with zero attached hydrogens (tertiary/aromatic N) is 2. The van der Waals surface area contributed by atoms with Crippen molar-refractivity contribution in [3.63, 3.8) is 0 Å². The van der Waals surface area contributed by atoms with Crippen molar-refractivity contribution in [3.05, 3.63) is 89.0 Å². The molecular weight excluding hydrogens is 405 g/mol. The van der Waals surface area contributed by atoms with Gasteiger partial charge in [-0.1, -0.05) is 42.5 Å². The Balaban J connectivity index is 1.39. The van der Waals surface area contributed by atoms with E-state index in [9.17, 15) is 14.0 Å². The average Bonchev–Trinajstić information content (AvgIpc) is 3.12. The van der Waals surface area contributed by atoms with Crippen LogP contribution >= 0.6 is 0 Å². The van der Waals surface area contributed by atoms with Gasteiger partial charge in [-0.15, -0.1) is 0 Å². The topological polar surface area (TPSA) is 54.3 Å². The summed E-state index contributed by atoms with van der Waals surface area (Å²) in [6.45, 7) is 5.30. The lowest BCUT2D eigenvalue weighted by atomic mass is 9.95. The van der Waals surface area contributed by atoms with Crippen molar-refractivity contribution < 1.29 is 14.0 Å². The van der Waals surface area contributed by atoms with Crippen LogP contribution in [0.1, 0.15) is 40.2 Å². The number of halogens is 1. The number of hydrogen-bond acceptors (Lipinski definition) is 2. The number of benzene rings is 2. The molecule has 5 nitrogen and oxygen atoms in total. The van der Waals surface area contributed by atoms with Crippen LogP contribution in [0.5, 0.6) is 0 Å². The van der Waals surface area contributed by atoms with E-state index in [0.717, 1.165) is 17.0 Å². The summed E-state index contributed by atoms with van der Waals surface area (Å²) >= 11 is 0. The highest BCUT2D eigenvalue weighted by atomic mass is 19.1. The largest absolute Gasteiger partial charge is 0.352 e. The zero-order valence-corrected chi connectivity index (χ0v) is 18.5. The van der Waals surface area contributed by atoms with Crippen molar-refractivity contribution in [1.82, 2.24) is 14.8 Å². The maximum Gasteiger partial charge on any atom is 0.255 e. The Labute approximate surface area is 187 Å². The van der Waals surface area contributed by atoms with Gasteiger partial charge in [-0.05, 0) is 50.5 Å². The van der Waals surface area contributed by atoms with E-state index in [-0.39, 0.29) is 23.5 Å². The van der Waals surface area contributed by atoms with Gasteiger partial charge < -0.3 is 14.8 Å². The molecule has 1 N–H and O–H groups in total. The average molecular weight is 434 g/mol. The number of rotatable bonds is 5. The number of carbonyl (C=O) groups excluding carboxylic acids is 2. The quantitative estimate of drug-likeness (QED) is 0.648. The smallest absolute Gasteiger partial charge is 0.255 e. The van der Waals surface area contributed by atoms with Crippen LogP contribution in [0.15, 0.2) is 60.7 Å². The first-order valence-corrected chi connectivity index (χ1v) is 11.0. The van der Waals surface area contributed by atoms with E-state index in [1.165, 1.54) is 6.07 Å². The number of amides is 2. The van der Waals surface area contributed by atoms with E-state index in [1.54, 1.807) is 27.7 Å². The molecule has 0 aliphatic carbocycles. The number of carbonyl (C=O) groups is 2. The number of aryl methyl sites for hydroxylation is 1. The zero-order valence-electron chi connectivity index (χ0n) is 18.5. The molecule has 0 spiro atoms. The van der Waals surface area contributed by atoms with Crippen molar-refractivity contribution in [2.45, 2.75) is 33.2 Å². The Bertz CT molecular complexity index is 1120. The van der Waals surface area contributed by atoms with Gasteiger partial charge in [0.2, 0.25) is 5.91 Å². The summed E-state index contributed by atoms with van der Waals surface area (Å²) < 4.78 is 16.1. The van der Waals surface area contributed by atoms with Gasteiger partial charge in [-0.25, -0.2) is 4.39 Å². The summed E-state index contributed by atoms with van der Waals surface area (Å²) in [5.74, 6) is -0.438. The minimum absolute atomic E-state index is 0.0404. The van der Waals surface area contributed by atoms with Gasteiger partial charge in [0.25, 0.3) is 5.91 Å². The van der Waals surface area contributed by atoms with Crippen LogP contribution in [0, 0.1) is 25.6 Å². The molecule has 1 aromatic heterocycles. The molecule has 1 aliphatic rings. The highest BCUT2D eigenvalue weighted by molar-refractivity contribution is 5.96. The van der Waals surface area contributed by atoms with Crippen molar-refractivity contribution in [2.24, 2.45) is 5.92 Å². The summed E-state index contributed by atoms with van der Waals surface area (Å²) in [7, 11) is 0. The number of piperidine rings is 1. The second kappa shape index (κ2) is 9.39. The fourth-order valence-corrected chi connectivity index (χ4v) is 4.43. The normalized spacial score (nSPS) is 14.4. The lowest BCUT2D eigenvalue weighted by Crippen LogP contribution is -2.43. The predicted octanol–water partition coefficient (Wildman–Crippen LogP) is 4.40. The minimum atomic E-state index is -0.323. The number of likely N-dealkylation sites (tertiary alicyclic amines) is 1. The van der Waals surface area contributed by atoms with Gasteiger partial charge in [0.15, 0.2) is 0 Å². The van der Waals surface area contributed by atoms with E-state index in [2.05, 4.69) is 5.32 Å².